The largest absolute Gasteiger partial charge is 2.00 e. The standard InChI is InChI=1S/C4H9.Al.Mg.4H/c1-3-4-2;;;;;;/h1,3-4H2,2H3;;;;;;/q;;+2;;;2*-1. The normalized spacial score (nSPS) is 6.83. The van der Waals surface area contributed by atoms with Gasteiger partial charge < -0.3 is 2.85 Å². The van der Waals surface area contributed by atoms with Crippen LogP contribution in [0.4, 0.5) is 0 Å². The molecule has 0 amide bonds. The van der Waals surface area contributed by atoms with Crippen molar-refractivity contribution >= 4 is 39.3 Å². The molecular formula is C4H13AlMg. The SMILES string of the molecule is CCC[CH2][AlH2].[H-].[H-].[Mg+2]. The van der Waals surface area contributed by atoms with Crippen LogP contribution in [0, 0.1) is 0 Å². The van der Waals surface area contributed by atoms with Crippen LogP contribution >= 0.6 is 0 Å². The molecule has 0 aliphatic rings. The van der Waals surface area contributed by atoms with E-state index in [-0.39, 0.29) is 25.9 Å². The zero-order valence-corrected chi connectivity index (χ0v) is 8.24. The molecule has 0 N–H and O–H groups in total. The van der Waals surface area contributed by atoms with Crippen LogP contribution in [-0.2, 0) is 0 Å². The van der Waals surface area contributed by atoms with Crippen molar-refractivity contribution < 1.29 is 2.85 Å². The van der Waals surface area contributed by atoms with E-state index in [1.54, 1.807) is 0 Å². The molecule has 0 aromatic rings. The molecule has 0 rings (SSSR count). The second kappa shape index (κ2) is 9.57. The quantitative estimate of drug-likeness (QED) is 0.461. The molecule has 0 saturated heterocycles. The number of hydrogen-bond acceptors (Lipinski definition) is 0. The van der Waals surface area contributed by atoms with Gasteiger partial charge in [0.15, 0.2) is 0 Å². The number of hydrogen-bond donors (Lipinski definition) is 0. The van der Waals surface area contributed by atoms with E-state index >= 15 is 0 Å². The summed E-state index contributed by atoms with van der Waals surface area (Å²) >= 11 is 1.40. The van der Waals surface area contributed by atoms with E-state index in [9.17, 15) is 0 Å². The number of unbranched alkanes of at least 4 members (excludes halogenated alkanes) is 1. The molecule has 2 heteroatoms. The van der Waals surface area contributed by atoms with E-state index in [1.807, 2.05) is 0 Å². The maximum absolute atomic E-state index is 2.23. The predicted molar refractivity (Wildman–Crippen MR) is 36.2 cm³/mol. The Hall–Kier alpha value is 1.30. The summed E-state index contributed by atoms with van der Waals surface area (Å²) in [6, 6.07) is 0. The van der Waals surface area contributed by atoms with Gasteiger partial charge in [-0.2, -0.15) is 0 Å². The van der Waals surface area contributed by atoms with Crippen molar-refractivity contribution in [3.8, 4) is 0 Å². The topological polar surface area (TPSA) is 0 Å². The van der Waals surface area contributed by atoms with Gasteiger partial charge in [0.25, 0.3) is 0 Å². The summed E-state index contributed by atoms with van der Waals surface area (Å²) in [6.45, 7) is 2.23. The zero-order valence-electron chi connectivity index (χ0n) is 6.83. The van der Waals surface area contributed by atoms with Gasteiger partial charge in [-0.1, -0.05) is 19.8 Å². The molecule has 0 aromatic carbocycles. The molecule has 34 valence electrons. The maximum atomic E-state index is 2.23. The summed E-state index contributed by atoms with van der Waals surface area (Å²) in [7, 11) is 0. The monoisotopic (exact) mass is 112 g/mol. The molecule has 0 radical (unpaired) electrons. The van der Waals surface area contributed by atoms with Crippen molar-refractivity contribution in [2.75, 3.05) is 0 Å². The van der Waals surface area contributed by atoms with Crippen LogP contribution in [0.15, 0.2) is 0 Å². The van der Waals surface area contributed by atoms with E-state index in [2.05, 4.69) is 6.92 Å². The zero-order chi connectivity index (χ0) is 4.12. The third-order valence-electron chi connectivity index (χ3n) is 0.707. The van der Waals surface area contributed by atoms with Crippen molar-refractivity contribution in [2.45, 2.75) is 25.0 Å². The van der Waals surface area contributed by atoms with E-state index in [4.69, 9.17) is 0 Å². The van der Waals surface area contributed by atoms with Gasteiger partial charge in [-0.05, 0) is 0 Å². The Morgan fingerprint density at radius 3 is 2.17 bits per heavy atom. The fraction of sp³-hybridized carbons (Fsp3) is 1.00. The van der Waals surface area contributed by atoms with E-state index in [1.165, 1.54) is 34.4 Å². The van der Waals surface area contributed by atoms with Gasteiger partial charge >= 0.3 is 23.1 Å². The van der Waals surface area contributed by atoms with Gasteiger partial charge in [0, 0.05) is 0 Å². The van der Waals surface area contributed by atoms with Crippen molar-refractivity contribution in [1.82, 2.24) is 0 Å². The third kappa shape index (κ3) is 9.00. The van der Waals surface area contributed by atoms with Crippen molar-refractivity contribution in [1.29, 1.82) is 0 Å². The second-order valence-corrected chi connectivity index (χ2v) is 2.35. The molecule has 0 heterocycles. The molecule has 0 aromatic heterocycles. The van der Waals surface area contributed by atoms with Gasteiger partial charge in [-0.15, -0.1) is 5.28 Å². The van der Waals surface area contributed by atoms with Crippen LogP contribution in [0.3, 0.4) is 0 Å². The summed E-state index contributed by atoms with van der Waals surface area (Å²) in [4.78, 5) is 0. The first-order chi connectivity index (χ1) is 2.41. The summed E-state index contributed by atoms with van der Waals surface area (Å²) in [5, 5.41) is 1.48. The summed E-state index contributed by atoms with van der Waals surface area (Å²) in [5.74, 6) is 0. The molecule has 0 aliphatic heterocycles. The molecule has 0 bridgehead atoms. The van der Waals surface area contributed by atoms with Gasteiger partial charge in [0.1, 0.15) is 0 Å². The molecule has 0 aliphatic carbocycles. The van der Waals surface area contributed by atoms with Crippen molar-refractivity contribution in [3.63, 3.8) is 0 Å². The summed E-state index contributed by atoms with van der Waals surface area (Å²) < 4.78 is 0. The van der Waals surface area contributed by atoms with E-state index in [0.717, 1.165) is 0 Å². The van der Waals surface area contributed by atoms with Crippen LogP contribution in [0.25, 0.3) is 0 Å². The molecule has 0 atom stereocenters. The Bertz CT molecular complexity index is 21.5. The molecule has 0 unspecified atom stereocenters. The average molecular weight is 112 g/mol. The van der Waals surface area contributed by atoms with Crippen molar-refractivity contribution in [2.24, 2.45) is 0 Å². The van der Waals surface area contributed by atoms with Crippen LogP contribution in [0.5, 0.6) is 0 Å². The Kier molecular flexibility index (Phi) is 16.5. The summed E-state index contributed by atoms with van der Waals surface area (Å²) in [6.07, 6.45) is 2.83. The first-order valence-electron chi connectivity index (χ1n) is 2.41. The average Bonchev–Trinajstić information content (AvgIpc) is 1.41. The van der Waals surface area contributed by atoms with Gasteiger partial charge in [-0.3, -0.25) is 0 Å². The van der Waals surface area contributed by atoms with Gasteiger partial charge in [-0.25, -0.2) is 0 Å². The fourth-order valence-electron chi connectivity index (χ4n) is 0.354. The number of rotatable bonds is 2. The second-order valence-electron chi connectivity index (χ2n) is 1.35. The Labute approximate surface area is 67.2 Å². The Morgan fingerprint density at radius 2 is 2.17 bits per heavy atom. The molecule has 0 fully saturated rings. The third-order valence-corrected chi connectivity index (χ3v) is 1.41. The van der Waals surface area contributed by atoms with Gasteiger partial charge in [0.2, 0.25) is 16.3 Å². The smallest absolute Gasteiger partial charge is 1.00 e. The minimum atomic E-state index is 0. The summed E-state index contributed by atoms with van der Waals surface area (Å²) in [5.41, 5.74) is 0. The molecule has 6 heavy (non-hydrogen) atoms. The van der Waals surface area contributed by atoms with Crippen LogP contribution < -0.4 is 0 Å². The first kappa shape index (κ1) is 10.3. The van der Waals surface area contributed by atoms with Crippen molar-refractivity contribution in [3.05, 3.63) is 0 Å². The van der Waals surface area contributed by atoms with E-state index < -0.39 is 0 Å². The van der Waals surface area contributed by atoms with E-state index in [0.29, 0.717) is 0 Å². The fourth-order valence-corrected chi connectivity index (χ4v) is 1.06. The minimum Gasteiger partial charge on any atom is -1.00 e. The van der Waals surface area contributed by atoms with Crippen LogP contribution in [0.2, 0.25) is 5.28 Å². The van der Waals surface area contributed by atoms with Crippen LogP contribution in [-0.4, -0.2) is 39.3 Å². The molecule has 0 saturated carbocycles. The molecule has 0 nitrogen and oxygen atoms in total. The first-order valence-corrected chi connectivity index (χ1v) is 3.83. The minimum absolute atomic E-state index is 0. The van der Waals surface area contributed by atoms with Gasteiger partial charge in [0.05, 0.1) is 0 Å². The Morgan fingerprint density at radius 1 is 1.67 bits per heavy atom. The molecule has 0 spiro atoms. The Balaban J connectivity index is -0.0000000267. The maximum Gasteiger partial charge on any atom is 2.00 e. The predicted octanol–water partition coefficient (Wildman–Crippen LogP) is 0.682. The molecular weight excluding hydrogens is 99.3 g/mol. The van der Waals surface area contributed by atoms with Crippen LogP contribution in [0.1, 0.15) is 22.6 Å².